The van der Waals surface area contributed by atoms with Gasteiger partial charge in [0.1, 0.15) is 16.5 Å². The second kappa shape index (κ2) is 5.97. The van der Waals surface area contributed by atoms with Crippen molar-refractivity contribution in [2.24, 2.45) is 0 Å². The first-order valence-corrected chi connectivity index (χ1v) is 7.71. The Labute approximate surface area is 132 Å². The molecule has 0 saturated heterocycles. The third kappa shape index (κ3) is 3.91. The van der Waals surface area contributed by atoms with Gasteiger partial charge in [0.2, 0.25) is 0 Å². The van der Waals surface area contributed by atoms with Crippen LogP contribution in [-0.2, 0) is 16.2 Å². The molecule has 3 nitrogen and oxygen atoms in total. The van der Waals surface area contributed by atoms with Crippen LogP contribution in [0.4, 0.5) is 27.6 Å². The minimum atomic E-state index is -4.79. The van der Waals surface area contributed by atoms with E-state index in [1.54, 1.807) is 4.72 Å². The van der Waals surface area contributed by atoms with Crippen molar-refractivity contribution in [1.29, 1.82) is 0 Å². The number of benzene rings is 2. The SMILES string of the molecule is O=S(=O)(Nc1cc(F)ccc1F)c1cc(C(F)(F)F)ccc1Cl. The van der Waals surface area contributed by atoms with Crippen molar-refractivity contribution in [3.8, 4) is 0 Å². The largest absolute Gasteiger partial charge is 0.416 e. The Bertz CT molecular complexity index is 852. The number of halogens is 6. The molecular formula is C13H7ClF5NO2S. The maximum atomic E-state index is 13.5. The van der Waals surface area contributed by atoms with Crippen LogP contribution in [0.1, 0.15) is 5.56 Å². The minimum absolute atomic E-state index is 0.307. The van der Waals surface area contributed by atoms with Crippen LogP contribution in [0.15, 0.2) is 41.3 Å². The number of hydrogen-bond donors (Lipinski definition) is 1. The van der Waals surface area contributed by atoms with Crippen LogP contribution in [-0.4, -0.2) is 8.42 Å². The Morgan fingerprint density at radius 1 is 1.00 bits per heavy atom. The summed E-state index contributed by atoms with van der Waals surface area (Å²) in [7, 11) is -4.65. The fraction of sp³-hybridized carbons (Fsp3) is 0.0769. The molecule has 0 amide bonds. The number of hydrogen-bond acceptors (Lipinski definition) is 2. The third-order valence-corrected chi connectivity index (χ3v) is 4.57. The normalized spacial score (nSPS) is 12.3. The molecule has 0 spiro atoms. The summed E-state index contributed by atoms with van der Waals surface area (Å²) < 4.78 is 90.4. The van der Waals surface area contributed by atoms with Gasteiger partial charge in [-0.05, 0) is 30.3 Å². The second-order valence-corrected chi connectivity index (χ2v) is 6.43. The summed E-state index contributed by atoms with van der Waals surface area (Å²) in [4.78, 5) is -0.905. The molecule has 0 aliphatic carbocycles. The van der Waals surface area contributed by atoms with Gasteiger partial charge in [0.15, 0.2) is 0 Å². The number of sulfonamides is 1. The molecule has 0 bridgehead atoms. The monoisotopic (exact) mass is 371 g/mol. The summed E-state index contributed by atoms with van der Waals surface area (Å²) in [6.07, 6.45) is -4.79. The van der Waals surface area contributed by atoms with E-state index in [1.165, 1.54) is 0 Å². The van der Waals surface area contributed by atoms with Gasteiger partial charge in [-0.2, -0.15) is 13.2 Å². The number of nitrogens with one attached hydrogen (secondary N) is 1. The van der Waals surface area contributed by atoms with Crippen LogP contribution in [0, 0.1) is 11.6 Å². The summed E-state index contributed by atoms with van der Waals surface area (Å²) in [5.41, 5.74) is -2.00. The van der Waals surface area contributed by atoms with Gasteiger partial charge < -0.3 is 0 Å². The minimum Gasteiger partial charge on any atom is -0.276 e. The molecule has 2 aromatic rings. The fourth-order valence-corrected chi connectivity index (χ4v) is 3.25. The zero-order valence-corrected chi connectivity index (χ0v) is 12.5. The highest BCUT2D eigenvalue weighted by atomic mass is 35.5. The first-order valence-electron chi connectivity index (χ1n) is 5.85. The molecule has 1 N–H and O–H groups in total. The Balaban J connectivity index is 2.50. The number of alkyl halides is 3. The quantitative estimate of drug-likeness (QED) is 0.811. The number of rotatable bonds is 3. The summed E-state index contributed by atoms with van der Waals surface area (Å²) >= 11 is 5.61. The van der Waals surface area contributed by atoms with E-state index < -0.39 is 49.0 Å². The van der Waals surface area contributed by atoms with E-state index in [4.69, 9.17) is 11.6 Å². The molecule has 0 aromatic heterocycles. The van der Waals surface area contributed by atoms with Gasteiger partial charge in [0, 0.05) is 6.07 Å². The molecule has 0 saturated carbocycles. The zero-order valence-electron chi connectivity index (χ0n) is 11.0. The van der Waals surface area contributed by atoms with Gasteiger partial charge in [0.25, 0.3) is 10.0 Å². The lowest BCUT2D eigenvalue weighted by Gasteiger charge is -2.13. The number of anilines is 1. The third-order valence-electron chi connectivity index (χ3n) is 2.72. The van der Waals surface area contributed by atoms with Crippen molar-refractivity contribution in [1.82, 2.24) is 0 Å². The van der Waals surface area contributed by atoms with Crippen LogP contribution in [0.3, 0.4) is 0 Å². The molecule has 23 heavy (non-hydrogen) atoms. The smallest absolute Gasteiger partial charge is 0.276 e. The standard InChI is InChI=1S/C13H7ClF5NO2S/c14-9-3-1-7(13(17,18)19)5-12(9)23(21,22)20-11-6-8(15)2-4-10(11)16/h1-6,20H. The first-order chi connectivity index (χ1) is 10.5. The van der Waals surface area contributed by atoms with Gasteiger partial charge in [-0.15, -0.1) is 0 Å². The Morgan fingerprint density at radius 2 is 1.65 bits per heavy atom. The van der Waals surface area contributed by atoms with E-state index in [0.29, 0.717) is 24.3 Å². The maximum Gasteiger partial charge on any atom is 0.416 e. The Kier molecular flexibility index (Phi) is 4.54. The van der Waals surface area contributed by atoms with Crippen molar-refractivity contribution < 1.29 is 30.4 Å². The molecule has 124 valence electrons. The van der Waals surface area contributed by atoms with Gasteiger partial charge in [-0.1, -0.05) is 11.6 Å². The van der Waals surface area contributed by atoms with Gasteiger partial charge in [0.05, 0.1) is 16.3 Å². The molecule has 0 unspecified atom stereocenters. The van der Waals surface area contributed by atoms with Gasteiger partial charge >= 0.3 is 6.18 Å². The topological polar surface area (TPSA) is 46.2 Å². The predicted molar refractivity (Wildman–Crippen MR) is 73.6 cm³/mol. The van der Waals surface area contributed by atoms with E-state index in [9.17, 15) is 30.4 Å². The van der Waals surface area contributed by atoms with Crippen LogP contribution >= 0.6 is 11.6 Å². The molecule has 0 aliphatic heterocycles. The van der Waals surface area contributed by atoms with Crippen molar-refractivity contribution in [3.63, 3.8) is 0 Å². The van der Waals surface area contributed by atoms with E-state index in [0.717, 1.165) is 12.1 Å². The van der Waals surface area contributed by atoms with E-state index in [1.807, 2.05) is 0 Å². The molecule has 0 radical (unpaired) electrons. The highest BCUT2D eigenvalue weighted by Gasteiger charge is 2.33. The van der Waals surface area contributed by atoms with Crippen molar-refractivity contribution in [2.45, 2.75) is 11.1 Å². The summed E-state index contributed by atoms with van der Waals surface area (Å²) in [5, 5.41) is -0.498. The van der Waals surface area contributed by atoms with Crippen LogP contribution < -0.4 is 4.72 Å². The highest BCUT2D eigenvalue weighted by molar-refractivity contribution is 7.92. The fourth-order valence-electron chi connectivity index (χ4n) is 1.66. The van der Waals surface area contributed by atoms with E-state index in [-0.39, 0.29) is 0 Å². The molecular weight excluding hydrogens is 365 g/mol. The summed E-state index contributed by atoms with van der Waals surface area (Å²) in [5.74, 6) is -2.03. The lowest BCUT2D eigenvalue weighted by molar-refractivity contribution is -0.137. The maximum absolute atomic E-state index is 13.5. The average molecular weight is 372 g/mol. The van der Waals surface area contributed by atoms with Crippen molar-refractivity contribution in [2.75, 3.05) is 4.72 Å². The lowest BCUT2D eigenvalue weighted by atomic mass is 10.2. The van der Waals surface area contributed by atoms with E-state index in [2.05, 4.69) is 0 Å². The van der Waals surface area contributed by atoms with Crippen LogP contribution in [0.25, 0.3) is 0 Å². The summed E-state index contributed by atoms with van der Waals surface area (Å²) in [6.45, 7) is 0. The van der Waals surface area contributed by atoms with Crippen molar-refractivity contribution in [3.05, 3.63) is 58.6 Å². The molecule has 10 heteroatoms. The van der Waals surface area contributed by atoms with Crippen LogP contribution in [0.2, 0.25) is 5.02 Å². The zero-order chi connectivity index (χ0) is 17.4. The second-order valence-electron chi connectivity index (χ2n) is 4.37. The highest BCUT2D eigenvalue weighted by Crippen LogP contribution is 2.34. The lowest BCUT2D eigenvalue weighted by Crippen LogP contribution is -2.16. The molecule has 0 heterocycles. The average Bonchev–Trinajstić information content (AvgIpc) is 2.41. The molecule has 2 aromatic carbocycles. The molecule has 0 fully saturated rings. The molecule has 0 aliphatic rings. The molecule has 0 atom stereocenters. The van der Waals surface area contributed by atoms with Crippen molar-refractivity contribution >= 4 is 27.3 Å². The Morgan fingerprint density at radius 3 is 2.26 bits per heavy atom. The van der Waals surface area contributed by atoms with Crippen LogP contribution in [0.5, 0.6) is 0 Å². The first kappa shape index (κ1) is 17.5. The van der Waals surface area contributed by atoms with Gasteiger partial charge in [-0.3, -0.25) is 4.72 Å². The Hall–Kier alpha value is -1.87. The predicted octanol–water partition coefficient (Wildman–Crippen LogP) is 4.44. The summed E-state index contributed by atoms with van der Waals surface area (Å²) in [6, 6.07) is 3.63. The van der Waals surface area contributed by atoms with Gasteiger partial charge in [-0.25, -0.2) is 17.2 Å². The van der Waals surface area contributed by atoms with E-state index >= 15 is 0 Å². The molecule has 2 rings (SSSR count).